The van der Waals surface area contributed by atoms with E-state index in [0.717, 1.165) is 38.5 Å². The van der Waals surface area contributed by atoms with Crippen LogP contribution >= 0.6 is 0 Å². The summed E-state index contributed by atoms with van der Waals surface area (Å²) < 4.78 is 7.29. The van der Waals surface area contributed by atoms with Gasteiger partial charge in [-0.1, -0.05) is 5.16 Å². The Morgan fingerprint density at radius 1 is 1.33 bits per heavy atom. The van der Waals surface area contributed by atoms with Gasteiger partial charge >= 0.3 is 0 Å². The van der Waals surface area contributed by atoms with Crippen molar-refractivity contribution in [1.29, 1.82) is 0 Å². The summed E-state index contributed by atoms with van der Waals surface area (Å²) in [7, 11) is 4.10. The summed E-state index contributed by atoms with van der Waals surface area (Å²) in [5.41, 5.74) is 1.26. The Morgan fingerprint density at radius 3 is 2.86 bits per heavy atom. The highest BCUT2D eigenvalue weighted by molar-refractivity contribution is 5.01. The molecule has 1 aliphatic heterocycles. The number of hydrogen-bond donors (Lipinski definition) is 0. The Morgan fingerprint density at radius 2 is 2.19 bits per heavy atom. The number of hydrogen-bond acceptors (Lipinski definition) is 6. The minimum Gasteiger partial charge on any atom is -0.338 e. The topological polar surface area (TPSA) is 63.2 Å². The zero-order chi connectivity index (χ0) is 14.8. The third-order valence-corrected chi connectivity index (χ3v) is 4.17. The van der Waals surface area contributed by atoms with Crippen molar-refractivity contribution < 1.29 is 4.52 Å². The highest BCUT2D eigenvalue weighted by Gasteiger charge is 2.29. The van der Waals surface area contributed by atoms with E-state index in [0.29, 0.717) is 5.82 Å². The van der Waals surface area contributed by atoms with E-state index >= 15 is 0 Å². The van der Waals surface area contributed by atoms with Crippen LogP contribution < -0.4 is 0 Å². The molecule has 0 N–H and O–H groups in total. The van der Waals surface area contributed by atoms with E-state index < -0.39 is 0 Å². The summed E-state index contributed by atoms with van der Waals surface area (Å²) in [5.74, 6) is 1.42. The average molecular weight is 290 g/mol. The van der Waals surface area contributed by atoms with Gasteiger partial charge in [0.15, 0.2) is 5.82 Å². The molecule has 7 heteroatoms. The molecule has 1 saturated heterocycles. The summed E-state index contributed by atoms with van der Waals surface area (Å²) in [6.07, 6.45) is 2.86. The van der Waals surface area contributed by atoms with Crippen LogP contribution in [0.4, 0.5) is 0 Å². The Balaban J connectivity index is 1.61. The van der Waals surface area contributed by atoms with Crippen molar-refractivity contribution in [2.45, 2.75) is 19.4 Å². The van der Waals surface area contributed by atoms with E-state index in [9.17, 15) is 0 Å². The lowest BCUT2D eigenvalue weighted by molar-refractivity contribution is 0.0764. The van der Waals surface area contributed by atoms with Gasteiger partial charge in [0.1, 0.15) is 6.04 Å². The van der Waals surface area contributed by atoms with Gasteiger partial charge in [-0.2, -0.15) is 10.1 Å². The smallest absolute Gasteiger partial charge is 0.245 e. The number of nitrogens with zero attached hydrogens (tertiary/aromatic N) is 6. The van der Waals surface area contributed by atoms with Gasteiger partial charge in [0.25, 0.3) is 0 Å². The molecule has 0 unspecified atom stereocenters. The number of rotatable bonds is 4. The molecule has 3 heterocycles. The monoisotopic (exact) mass is 290 g/mol. The second-order valence-corrected chi connectivity index (χ2v) is 5.67. The molecule has 1 atom stereocenters. The van der Waals surface area contributed by atoms with Gasteiger partial charge in [-0.05, 0) is 20.0 Å². The van der Waals surface area contributed by atoms with Crippen molar-refractivity contribution in [3.8, 4) is 0 Å². The molecule has 0 amide bonds. The molecule has 2 aromatic rings. The summed E-state index contributed by atoms with van der Waals surface area (Å²) in [5, 5.41) is 8.12. The van der Waals surface area contributed by atoms with Crippen molar-refractivity contribution in [3.63, 3.8) is 0 Å². The average Bonchev–Trinajstić information content (AvgIpc) is 3.07. The quantitative estimate of drug-likeness (QED) is 0.823. The first-order chi connectivity index (χ1) is 10.1. The summed E-state index contributed by atoms with van der Waals surface area (Å²) >= 11 is 0. The van der Waals surface area contributed by atoms with Crippen LogP contribution in [0.3, 0.4) is 0 Å². The molecule has 0 aliphatic carbocycles. The molecule has 7 nitrogen and oxygen atoms in total. The van der Waals surface area contributed by atoms with Gasteiger partial charge in [0.05, 0.1) is 0 Å². The van der Waals surface area contributed by atoms with Crippen LogP contribution in [0.2, 0.25) is 0 Å². The van der Waals surface area contributed by atoms with Crippen molar-refractivity contribution in [1.82, 2.24) is 29.7 Å². The molecule has 3 rings (SSSR count). The zero-order valence-electron chi connectivity index (χ0n) is 12.9. The lowest BCUT2D eigenvalue weighted by Gasteiger charge is -2.37. The normalized spacial score (nSPS) is 21.0. The molecule has 0 saturated carbocycles. The fourth-order valence-electron chi connectivity index (χ4n) is 2.77. The zero-order valence-corrected chi connectivity index (χ0v) is 12.9. The molecule has 1 fully saturated rings. The minimum atomic E-state index is 0.187. The molecule has 0 spiro atoms. The molecule has 2 aromatic heterocycles. The first-order valence-electron chi connectivity index (χ1n) is 7.33. The van der Waals surface area contributed by atoms with Crippen LogP contribution in [0.5, 0.6) is 0 Å². The Labute approximate surface area is 124 Å². The Kier molecular flexibility index (Phi) is 4.03. The number of likely N-dealkylation sites (N-methyl/N-ethyl adjacent to an activating group) is 1. The molecule has 0 radical (unpaired) electrons. The van der Waals surface area contributed by atoms with Crippen LogP contribution in [0.1, 0.15) is 23.5 Å². The van der Waals surface area contributed by atoms with Gasteiger partial charge in [-0.3, -0.25) is 14.5 Å². The van der Waals surface area contributed by atoms with Gasteiger partial charge in [-0.15, -0.1) is 0 Å². The van der Waals surface area contributed by atoms with Gasteiger partial charge in [0, 0.05) is 51.5 Å². The Hall–Kier alpha value is -1.73. The van der Waals surface area contributed by atoms with Crippen molar-refractivity contribution in [2.75, 3.05) is 33.2 Å². The third kappa shape index (κ3) is 3.14. The van der Waals surface area contributed by atoms with Crippen LogP contribution in [0.15, 0.2) is 16.8 Å². The maximum atomic E-state index is 5.35. The van der Waals surface area contributed by atoms with Crippen molar-refractivity contribution in [3.05, 3.63) is 29.7 Å². The number of piperazine rings is 1. The fourth-order valence-corrected chi connectivity index (χ4v) is 2.77. The van der Waals surface area contributed by atoms with Crippen molar-refractivity contribution >= 4 is 0 Å². The third-order valence-electron chi connectivity index (χ3n) is 4.17. The molecule has 21 heavy (non-hydrogen) atoms. The van der Waals surface area contributed by atoms with E-state index in [1.807, 2.05) is 24.9 Å². The second kappa shape index (κ2) is 5.95. The lowest BCUT2D eigenvalue weighted by Crippen LogP contribution is -2.47. The highest BCUT2D eigenvalue weighted by Crippen LogP contribution is 2.22. The van der Waals surface area contributed by atoms with E-state index in [1.165, 1.54) is 5.69 Å². The van der Waals surface area contributed by atoms with E-state index in [4.69, 9.17) is 4.52 Å². The largest absolute Gasteiger partial charge is 0.338 e. The molecular formula is C14H22N6O. The first-order valence-corrected chi connectivity index (χ1v) is 7.33. The first kappa shape index (κ1) is 14.2. The summed E-state index contributed by atoms with van der Waals surface area (Å²) in [4.78, 5) is 9.12. The Bertz CT molecular complexity index is 592. The standard InChI is InChI=1S/C14H22N6O/c1-11-16-14(21-17-11)13-10-20(9-8-18(13)2)7-5-12-4-6-15-19(12)3/h4,6,13H,5,7-10H2,1-3H3/t13-/m0/s1. The lowest BCUT2D eigenvalue weighted by atomic mass is 10.1. The predicted molar refractivity (Wildman–Crippen MR) is 77.8 cm³/mol. The molecule has 0 bridgehead atoms. The number of aryl methyl sites for hydroxylation is 2. The van der Waals surface area contributed by atoms with E-state index in [2.05, 4.69) is 38.2 Å². The maximum Gasteiger partial charge on any atom is 0.245 e. The van der Waals surface area contributed by atoms with Gasteiger partial charge in [-0.25, -0.2) is 0 Å². The van der Waals surface area contributed by atoms with Crippen LogP contribution in [0.25, 0.3) is 0 Å². The van der Waals surface area contributed by atoms with E-state index in [-0.39, 0.29) is 6.04 Å². The highest BCUT2D eigenvalue weighted by atomic mass is 16.5. The molecular weight excluding hydrogens is 268 g/mol. The van der Waals surface area contributed by atoms with Crippen LogP contribution in [-0.2, 0) is 13.5 Å². The molecule has 0 aromatic carbocycles. The number of aromatic nitrogens is 4. The van der Waals surface area contributed by atoms with E-state index in [1.54, 1.807) is 0 Å². The SMILES string of the molecule is Cc1noc([C@@H]2CN(CCc3ccnn3C)CCN2C)n1. The van der Waals surface area contributed by atoms with Crippen LogP contribution in [-0.4, -0.2) is 62.9 Å². The van der Waals surface area contributed by atoms with Gasteiger partial charge in [0.2, 0.25) is 5.89 Å². The maximum absolute atomic E-state index is 5.35. The fraction of sp³-hybridized carbons (Fsp3) is 0.643. The van der Waals surface area contributed by atoms with Crippen molar-refractivity contribution in [2.24, 2.45) is 7.05 Å². The summed E-state index contributed by atoms with van der Waals surface area (Å²) in [6.45, 7) is 5.89. The predicted octanol–water partition coefficient (Wildman–Crippen LogP) is 0.643. The molecule has 114 valence electrons. The van der Waals surface area contributed by atoms with Gasteiger partial charge < -0.3 is 4.52 Å². The molecule has 1 aliphatic rings. The summed E-state index contributed by atoms with van der Waals surface area (Å²) in [6, 6.07) is 2.26. The van der Waals surface area contributed by atoms with Crippen LogP contribution in [0, 0.1) is 6.92 Å². The minimum absolute atomic E-state index is 0.187. The second-order valence-electron chi connectivity index (χ2n) is 5.67.